The number of carbonyl (C=O) groups excluding carboxylic acids is 2. The van der Waals surface area contributed by atoms with E-state index in [0.29, 0.717) is 5.56 Å². The third kappa shape index (κ3) is 2.04. The molecule has 1 aliphatic rings. The average molecular weight is 301 g/mol. The molecule has 0 aliphatic carbocycles. The van der Waals surface area contributed by atoms with Crippen molar-refractivity contribution in [3.05, 3.63) is 59.2 Å². The predicted octanol–water partition coefficient (Wildman–Crippen LogP) is 1.09. The summed E-state index contributed by atoms with van der Waals surface area (Å²) in [5.41, 5.74) is 5.89. The second kappa shape index (κ2) is 4.53. The lowest BCUT2D eigenvalue weighted by Crippen LogP contribution is -2.21. The van der Waals surface area contributed by atoms with Gasteiger partial charge in [0.1, 0.15) is 0 Å². The molecule has 0 bridgehead atoms. The Labute approximate surface area is 121 Å². The lowest BCUT2D eigenvalue weighted by atomic mass is 10.0. The van der Waals surface area contributed by atoms with E-state index in [9.17, 15) is 18.0 Å². The van der Waals surface area contributed by atoms with Crippen LogP contribution in [0.15, 0.2) is 52.3 Å². The summed E-state index contributed by atoms with van der Waals surface area (Å²) in [7, 11) is -3.77. The van der Waals surface area contributed by atoms with Crippen LogP contribution in [-0.2, 0) is 21.1 Å². The highest BCUT2D eigenvalue weighted by molar-refractivity contribution is 7.91. The van der Waals surface area contributed by atoms with Crippen LogP contribution in [0.25, 0.3) is 0 Å². The zero-order valence-electron chi connectivity index (χ0n) is 10.9. The maximum Gasteiger partial charge on any atom is 0.221 e. The summed E-state index contributed by atoms with van der Waals surface area (Å²) in [6.45, 7) is 0. The van der Waals surface area contributed by atoms with E-state index in [4.69, 9.17) is 5.73 Å². The molecule has 21 heavy (non-hydrogen) atoms. The monoisotopic (exact) mass is 301 g/mol. The minimum atomic E-state index is -3.77. The van der Waals surface area contributed by atoms with Crippen LogP contribution in [0.5, 0.6) is 0 Å². The van der Waals surface area contributed by atoms with E-state index in [1.54, 1.807) is 18.2 Å². The highest BCUT2D eigenvalue weighted by Gasteiger charge is 2.34. The number of sulfone groups is 1. The Balaban J connectivity index is 2.27. The Morgan fingerprint density at radius 3 is 2.38 bits per heavy atom. The first-order valence-corrected chi connectivity index (χ1v) is 7.69. The van der Waals surface area contributed by atoms with Gasteiger partial charge >= 0.3 is 0 Å². The van der Waals surface area contributed by atoms with Gasteiger partial charge in [0, 0.05) is 11.1 Å². The van der Waals surface area contributed by atoms with Gasteiger partial charge in [-0.2, -0.15) is 0 Å². The van der Waals surface area contributed by atoms with Crippen molar-refractivity contribution in [2.24, 2.45) is 5.73 Å². The molecule has 6 heteroatoms. The number of ketones is 1. The van der Waals surface area contributed by atoms with Crippen molar-refractivity contribution in [2.75, 3.05) is 0 Å². The molecular weight excluding hydrogens is 290 g/mol. The van der Waals surface area contributed by atoms with Gasteiger partial charge in [0.15, 0.2) is 5.78 Å². The molecule has 0 fully saturated rings. The Hall–Kier alpha value is -2.47. The van der Waals surface area contributed by atoms with Gasteiger partial charge in [0.2, 0.25) is 15.7 Å². The standard InChI is InChI=1S/C15H11NO4S/c16-14(17)8-9-5-6-11-13(7-9)21(19,20)12-4-2-1-3-10(12)15(11)18/h1-7H,8H2,(H2,16,17). The third-order valence-electron chi connectivity index (χ3n) is 3.38. The van der Waals surface area contributed by atoms with Crippen LogP contribution in [0.4, 0.5) is 0 Å². The summed E-state index contributed by atoms with van der Waals surface area (Å²) in [6.07, 6.45) is -0.0708. The van der Waals surface area contributed by atoms with Gasteiger partial charge in [-0.05, 0) is 29.8 Å². The molecule has 2 aromatic rings. The molecule has 0 aromatic heterocycles. The van der Waals surface area contributed by atoms with Crippen molar-refractivity contribution in [1.29, 1.82) is 0 Å². The largest absolute Gasteiger partial charge is 0.369 e. The Bertz CT molecular complexity index is 884. The van der Waals surface area contributed by atoms with Gasteiger partial charge in [-0.3, -0.25) is 9.59 Å². The second-order valence-electron chi connectivity index (χ2n) is 4.80. The molecule has 0 unspecified atom stereocenters. The molecule has 0 saturated carbocycles. The molecule has 3 rings (SSSR count). The van der Waals surface area contributed by atoms with E-state index >= 15 is 0 Å². The predicted molar refractivity (Wildman–Crippen MR) is 74.7 cm³/mol. The summed E-state index contributed by atoms with van der Waals surface area (Å²) < 4.78 is 25.2. The molecule has 1 amide bonds. The first kappa shape index (κ1) is 13.5. The van der Waals surface area contributed by atoms with Crippen molar-refractivity contribution in [3.63, 3.8) is 0 Å². The van der Waals surface area contributed by atoms with Gasteiger partial charge in [0.25, 0.3) is 0 Å². The van der Waals surface area contributed by atoms with E-state index in [2.05, 4.69) is 0 Å². The molecule has 2 aromatic carbocycles. The summed E-state index contributed by atoms with van der Waals surface area (Å²) in [5.74, 6) is -0.893. The van der Waals surface area contributed by atoms with Crippen LogP contribution in [0.3, 0.4) is 0 Å². The van der Waals surface area contributed by atoms with Crippen LogP contribution >= 0.6 is 0 Å². The van der Waals surface area contributed by atoms with Gasteiger partial charge in [-0.1, -0.05) is 18.2 Å². The zero-order chi connectivity index (χ0) is 15.2. The number of hydrogen-bond acceptors (Lipinski definition) is 4. The molecule has 0 spiro atoms. The maximum absolute atomic E-state index is 12.6. The number of carbonyl (C=O) groups is 2. The number of hydrogen-bond donors (Lipinski definition) is 1. The van der Waals surface area contributed by atoms with Crippen LogP contribution < -0.4 is 5.73 Å². The molecule has 0 radical (unpaired) electrons. The van der Waals surface area contributed by atoms with Crippen LogP contribution in [0, 0.1) is 0 Å². The lowest BCUT2D eigenvalue weighted by Gasteiger charge is -2.19. The maximum atomic E-state index is 12.6. The SMILES string of the molecule is NC(=O)Cc1ccc2c(c1)S(=O)(=O)c1ccccc1C2=O. The van der Waals surface area contributed by atoms with E-state index in [1.165, 1.54) is 24.3 Å². The number of amides is 1. The summed E-state index contributed by atoms with van der Waals surface area (Å²) in [5, 5.41) is 0. The van der Waals surface area contributed by atoms with Crippen molar-refractivity contribution in [1.82, 2.24) is 0 Å². The number of fused-ring (bicyclic) bond motifs is 2. The fourth-order valence-electron chi connectivity index (χ4n) is 2.44. The fraction of sp³-hybridized carbons (Fsp3) is 0.0667. The van der Waals surface area contributed by atoms with Crippen molar-refractivity contribution in [3.8, 4) is 0 Å². The van der Waals surface area contributed by atoms with Gasteiger partial charge in [-0.15, -0.1) is 0 Å². The Morgan fingerprint density at radius 1 is 1.00 bits per heavy atom. The third-order valence-corrected chi connectivity index (χ3v) is 5.23. The summed E-state index contributed by atoms with van der Waals surface area (Å²) in [4.78, 5) is 23.3. The summed E-state index contributed by atoms with van der Waals surface area (Å²) >= 11 is 0. The van der Waals surface area contributed by atoms with E-state index in [0.717, 1.165) is 0 Å². The first-order valence-electron chi connectivity index (χ1n) is 6.21. The van der Waals surface area contributed by atoms with Crippen molar-refractivity contribution < 1.29 is 18.0 Å². The van der Waals surface area contributed by atoms with Crippen LogP contribution in [0.2, 0.25) is 0 Å². The Morgan fingerprint density at radius 2 is 1.67 bits per heavy atom. The Kier molecular flexibility index (Phi) is 2.91. The highest BCUT2D eigenvalue weighted by atomic mass is 32.2. The lowest BCUT2D eigenvalue weighted by molar-refractivity contribution is -0.117. The van der Waals surface area contributed by atoms with Crippen LogP contribution in [-0.4, -0.2) is 20.1 Å². The fourth-order valence-corrected chi connectivity index (χ4v) is 4.14. The van der Waals surface area contributed by atoms with E-state index in [-0.39, 0.29) is 33.1 Å². The first-order chi connectivity index (χ1) is 9.91. The molecule has 5 nitrogen and oxygen atoms in total. The number of rotatable bonds is 2. The molecule has 0 atom stereocenters. The van der Waals surface area contributed by atoms with Gasteiger partial charge < -0.3 is 5.73 Å². The second-order valence-corrected chi connectivity index (χ2v) is 6.69. The van der Waals surface area contributed by atoms with Crippen molar-refractivity contribution >= 4 is 21.5 Å². The topological polar surface area (TPSA) is 94.3 Å². The van der Waals surface area contributed by atoms with Gasteiger partial charge in [-0.25, -0.2) is 8.42 Å². The zero-order valence-corrected chi connectivity index (χ0v) is 11.7. The number of nitrogens with two attached hydrogens (primary N) is 1. The van der Waals surface area contributed by atoms with Crippen LogP contribution in [0.1, 0.15) is 21.5 Å². The summed E-state index contributed by atoms with van der Waals surface area (Å²) in [6, 6.07) is 10.4. The van der Waals surface area contributed by atoms with Crippen molar-refractivity contribution in [2.45, 2.75) is 16.2 Å². The van der Waals surface area contributed by atoms with Gasteiger partial charge in [0.05, 0.1) is 16.2 Å². The highest BCUT2D eigenvalue weighted by Crippen LogP contribution is 2.34. The molecular formula is C15H11NO4S. The minimum Gasteiger partial charge on any atom is -0.369 e. The average Bonchev–Trinajstić information content (AvgIpc) is 2.45. The molecule has 0 saturated heterocycles. The quantitative estimate of drug-likeness (QED) is 0.766. The molecule has 2 N–H and O–H groups in total. The number of benzene rings is 2. The normalized spacial score (nSPS) is 15.1. The number of primary amides is 1. The van der Waals surface area contributed by atoms with E-state index in [1.807, 2.05) is 0 Å². The molecule has 1 aliphatic heterocycles. The molecule has 106 valence electrons. The minimum absolute atomic E-state index is 0.00118. The smallest absolute Gasteiger partial charge is 0.221 e. The van der Waals surface area contributed by atoms with E-state index < -0.39 is 15.7 Å². The molecule has 1 heterocycles.